The molecule has 0 radical (unpaired) electrons. The first-order valence-corrected chi connectivity index (χ1v) is 12.5. The van der Waals surface area contributed by atoms with Gasteiger partial charge >= 0.3 is 6.85 Å². The number of nitrogens with zero attached hydrogens (tertiary/aromatic N) is 1. The molecule has 148 valence electrons. The van der Waals surface area contributed by atoms with E-state index in [1.165, 1.54) is 63.4 Å². The predicted octanol–water partition coefficient (Wildman–Crippen LogP) is 7.02. The highest BCUT2D eigenvalue weighted by Gasteiger charge is 2.44. The van der Waals surface area contributed by atoms with Crippen LogP contribution in [0.2, 0.25) is 0 Å². The van der Waals surface area contributed by atoms with Crippen molar-refractivity contribution in [3.8, 4) is 20.9 Å². The molecule has 2 aliphatic heterocycles. The van der Waals surface area contributed by atoms with Gasteiger partial charge in [-0.3, -0.25) is 0 Å². The summed E-state index contributed by atoms with van der Waals surface area (Å²) in [6.45, 7) is 0.179. The summed E-state index contributed by atoms with van der Waals surface area (Å²) in [4.78, 5) is 5.44. The van der Waals surface area contributed by atoms with Gasteiger partial charge in [0.2, 0.25) is 0 Å². The Morgan fingerprint density at radius 2 is 0.938 bits per heavy atom. The molecule has 0 fully saturated rings. The molecule has 0 aliphatic carbocycles. The maximum atomic E-state index is 2.66. The van der Waals surface area contributed by atoms with Crippen LogP contribution in [0.5, 0.6) is 0 Å². The molecule has 0 spiro atoms. The molecule has 8 rings (SSSR count). The SMILES string of the molecule is c1ccc2c(c1)B1c3ccccc3-c3sc4ccccc4c3N1c1c-2sc2ccccc12. The van der Waals surface area contributed by atoms with E-state index in [9.17, 15) is 0 Å². The maximum Gasteiger partial charge on any atom is 0.329 e. The molecular weight excluding hydrogens is 425 g/mol. The van der Waals surface area contributed by atoms with Gasteiger partial charge in [0, 0.05) is 20.2 Å². The van der Waals surface area contributed by atoms with Crippen LogP contribution in [0.15, 0.2) is 97.1 Å². The van der Waals surface area contributed by atoms with E-state index in [0.29, 0.717) is 0 Å². The summed E-state index contributed by atoms with van der Waals surface area (Å²) < 4.78 is 2.71. The molecule has 32 heavy (non-hydrogen) atoms. The molecule has 0 unspecified atom stereocenters. The van der Waals surface area contributed by atoms with Gasteiger partial charge in [0.1, 0.15) is 0 Å². The molecule has 0 bridgehead atoms. The minimum Gasteiger partial charge on any atom is -0.374 e. The van der Waals surface area contributed by atoms with Gasteiger partial charge in [0.25, 0.3) is 0 Å². The molecule has 0 amide bonds. The van der Waals surface area contributed by atoms with Gasteiger partial charge in [-0.05, 0) is 34.2 Å². The molecule has 4 aromatic carbocycles. The Kier molecular flexibility index (Phi) is 3.30. The smallest absolute Gasteiger partial charge is 0.329 e. The maximum absolute atomic E-state index is 2.66. The van der Waals surface area contributed by atoms with Crippen LogP contribution in [-0.2, 0) is 0 Å². The molecule has 1 nitrogen and oxygen atoms in total. The van der Waals surface area contributed by atoms with Gasteiger partial charge in [-0.25, -0.2) is 0 Å². The van der Waals surface area contributed by atoms with E-state index in [2.05, 4.69) is 102 Å². The Balaban J connectivity index is 1.60. The van der Waals surface area contributed by atoms with Crippen LogP contribution in [0.1, 0.15) is 0 Å². The van der Waals surface area contributed by atoms with Crippen molar-refractivity contribution in [2.24, 2.45) is 0 Å². The number of benzene rings is 4. The third kappa shape index (κ3) is 2.05. The van der Waals surface area contributed by atoms with Crippen LogP contribution in [0.25, 0.3) is 41.1 Å². The average Bonchev–Trinajstić information content (AvgIpc) is 3.43. The number of anilines is 2. The number of fused-ring (bicyclic) bond motifs is 15. The standard InChI is InChI=1S/C28H16BNS2/c1-5-13-21-17(9-1)27-25(19-11-3-7-15-23(19)31-27)30-26-20-12-4-8-16-24(20)32-28(26)18-10-2-6-14-22(18)29(21)30/h1-16H. The van der Waals surface area contributed by atoms with Crippen LogP contribution in [-0.4, -0.2) is 6.85 Å². The third-order valence-electron chi connectivity index (χ3n) is 6.88. The van der Waals surface area contributed by atoms with Gasteiger partial charge in [-0.15, -0.1) is 22.7 Å². The van der Waals surface area contributed by atoms with E-state index in [1.54, 1.807) is 0 Å². The van der Waals surface area contributed by atoms with Crippen molar-refractivity contribution in [1.82, 2.24) is 0 Å². The molecule has 0 N–H and O–H groups in total. The van der Waals surface area contributed by atoms with Crippen molar-refractivity contribution in [3.05, 3.63) is 97.1 Å². The van der Waals surface area contributed by atoms with E-state index in [4.69, 9.17) is 0 Å². The van der Waals surface area contributed by atoms with Crippen LogP contribution in [0.4, 0.5) is 11.4 Å². The Bertz CT molecular complexity index is 1580. The summed E-state index contributed by atoms with van der Waals surface area (Å²) in [5.41, 5.74) is 8.30. The summed E-state index contributed by atoms with van der Waals surface area (Å²) in [5.74, 6) is 0. The van der Waals surface area contributed by atoms with Gasteiger partial charge < -0.3 is 4.81 Å². The average molecular weight is 441 g/mol. The zero-order chi connectivity index (χ0) is 20.8. The van der Waals surface area contributed by atoms with Crippen LogP contribution in [0, 0.1) is 0 Å². The summed E-state index contributed by atoms with van der Waals surface area (Å²) >= 11 is 3.85. The van der Waals surface area contributed by atoms with Gasteiger partial charge in [-0.1, -0.05) is 84.9 Å². The second-order valence-corrected chi connectivity index (χ2v) is 10.6. The van der Waals surface area contributed by atoms with Gasteiger partial charge in [0.15, 0.2) is 0 Å². The van der Waals surface area contributed by atoms with E-state index >= 15 is 0 Å². The Labute approximate surface area is 194 Å². The zero-order valence-corrected chi connectivity index (χ0v) is 18.7. The fraction of sp³-hybridized carbons (Fsp3) is 0. The lowest BCUT2D eigenvalue weighted by Gasteiger charge is -2.41. The number of hydrogen-bond donors (Lipinski definition) is 0. The van der Waals surface area contributed by atoms with Crippen molar-refractivity contribution in [2.45, 2.75) is 0 Å². The van der Waals surface area contributed by atoms with E-state index in [-0.39, 0.29) is 6.85 Å². The van der Waals surface area contributed by atoms with Crippen molar-refractivity contribution in [1.29, 1.82) is 0 Å². The fourth-order valence-electron chi connectivity index (χ4n) is 5.61. The Morgan fingerprint density at radius 3 is 1.47 bits per heavy atom. The first-order valence-electron chi connectivity index (χ1n) is 10.9. The minimum absolute atomic E-state index is 0.179. The van der Waals surface area contributed by atoms with Gasteiger partial charge in [0.05, 0.1) is 21.1 Å². The summed E-state index contributed by atoms with van der Waals surface area (Å²) in [7, 11) is 0. The van der Waals surface area contributed by atoms with Crippen molar-refractivity contribution < 1.29 is 0 Å². The van der Waals surface area contributed by atoms with Crippen molar-refractivity contribution >= 4 is 72.0 Å². The number of thiophene rings is 2. The minimum atomic E-state index is 0.179. The highest BCUT2D eigenvalue weighted by molar-refractivity contribution is 7.25. The van der Waals surface area contributed by atoms with Crippen molar-refractivity contribution in [3.63, 3.8) is 0 Å². The van der Waals surface area contributed by atoms with Crippen LogP contribution >= 0.6 is 22.7 Å². The summed E-state index contributed by atoms with van der Waals surface area (Å²) in [5, 5.41) is 2.71. The first-order chi connectivity index (χ1) is 15.9. The predicted molar refractivity (Wildman–Crippen MR) is 142 cm³/mol. The summed E-state index contributed by atoms with van der Waals surface area (Å²) in [6, 6.07) is 35.8. The fourth-order valence-corrected chi connectivity index (χ4v) is 8.09. The monoisotopic (exact) mass is 441 g/mol. The van der Waals surface area contributed by atoms with E-state index in [0.717, 1.165) is 0 Å². The van der Waals surface area contributed by atoms with E-state index < -0.39 is 0 Å². The normalized spacial score (nSPS) is 13.5. The molecule has 0 saturated carbocycles. The van der Waals surface area contributed by atoms with E-state index in [1.807, 2.05) is 22.7 Å². The summed E-state index contributed by atoms with van der Waals surface area (Å²) in [6.07, 6.45) is 0. The quantitative estimate of drug-likeness (QED) is 0.229. The molecule has 6 aromatic rings. The molecule has 0 saturated heterocycles. The lowest BCUT2D eigenvalue weighted by molar-refractivity contribution is 1.42. The topological polar surface area (TPSA) is 3.24 Å². The molecule has 4 heteroatoms. The molecule has 0 atom stereocenters. The first kappa shape index (κ1) is 17.2. The Hall–Kier alpha value is -3.34. The highest BCUT2D eigenvalue weighted by atomic mass is 32.1. The Morgan fingerprint density at radius 1 is 0.500 bits per heavy atom. The molecular formula is C28H16BNS2. The van der Waals surface area contributed by atoms with Crippen LogP contribution in [0.3, 0.4) is 0 Å². The molecule has 2 aromatic heterocycles. The zero-order valence-electron chi connectivity index (χ0n) is 17.1. The lowest BCUT2D eigenvalue weighted by Crippen LogP contribution is -2.59. The van der Waals surface area contributed by atoms with Gasteiger partial charge in [-0.2, -0.15) is 0 Å². The number of rotatable bonds is 0. The van der Waals surface area contributed by atoms with Crippen LogP contribution < -0.4 is 15.7 Å². The number of hydrogen-bond acceptors (Lipinski definition) is 3. The molecule has 4 heterocycles. The lowest BCUT2D eigenvalue weighted by atomic mass is 9.44. The molecule has 2 aliphatic rings. The van der Waals surface area contributed by atoms with Crippen molar-refractivity contribution in [2.75, 3.05) is 4.81 Å². The second-order valence-electron chi connectivity index (χ2n) is 8.50. The largest absolute Gasteiger partial charge is 0.374 e. The third-order valence-corrected chi connectivity index (χ3v) is 9.27. The highest BCUT2D eigenvalue weighted by Crippen LogP contribution is 2.55. The second kappa shape index (κ2) is 6.13.